The molecule has 2 aliphatic heterocycles. The third-order valence-electron chi connectivity index (χ3n) is 6.82. The van der Waals surface area contributed by atoms with Gasteiger partial charge in [-0.3, -0.25) is 19.4 Å². The fourth-order valence-electron chi connectivity index (χ4n) is 4.88. The molecule has 1 fully saturated rings. The molecule has 0 bridgehead atoms. The van der Waals surface area contributed by atoms with E-state index >= 15 is 0 Å². The molecule has 182 valence electrons. The highest BCUT2D eigenvalue weighted by molar-refractivity contribution is 6.36. The molecule has 0 radical (unpaired) electrons. The molecule has 35 heavy (non-hydrogen) atoms. The van der Waals surface area contributed by atoms with Crippen LogP contribution in [0.4, 0.5) is 5.69 Å². The van der Waals surface area contributed by atoms with Crippen LogP contribution in [0.3, 0.4) is 0 Å². The monoisotopic (exact) mass is 471 g/mol. The van der Waals surface area contributed by atoms with Crippen molar-refractivity contribution in [2.24, 2.45) is 5.41 Å². The van der Waals surface area contributed by atoms with Crippen LogP contribution < -0.4 is 4.90 Å². The quantitative estimate of drug-likeness (QED) is 0.363. The second-order valence-corrected chi connectivity index (χ2v) is 10.5. The number of fused-ring (bicyclic) bond motifs is 2. The number of nitrogens with zero attached hydrogens (tertiary/aromatic N) is 3. The predicted molar refractivity (Wildman–Crippen MR) is 140 cm³/mol. The van der Waals surface area contributed by atoms with Crippen LogP contribution in [0.5, 0.6) is 0 Å². The first-order valence-corrected chi connectivity index (χ1v) is 12.4. The Balaban J connectivity index is 1.49. The van der Waals surface area contributed by atoms with Crippen molar-refractivity contribution in [2.45, 2.75) is 46.8 Å². The van der Waals surface area contributed by atoms with Crippen molar-refractivity contribution < 1.29 is 14.3 Å². The molecule has 0 spiro atoms. The number of benzene rings is 2. The van der Waals surface area contributed by atoms with E-state index in [1.807, 2.05) is 91.0 Å². The normalized spacial score (nSPS) is 17.9. The highest BCUT2D eigenvalue weighted by Gasteiger charge is 2.33. The third kappa shape index (κ3) is 4.63. The van der Waals surface area contributed by atoms with E-state index in [9.17, 15) is 9.59 Å². The maximum atomic E-state index is 13.7. The van der Waals surface area contributed by atoms with Gasteiger partial charge >= 0.3 is 5.97 Å². The summed E-state index contributed by atoms with van der Waals surface area (Å²) in [6.45, 7) is 8.36. The maximum absolute atomic E-state index is 13.7. The zero-order valence-corrected chi connectivity index (χ0v) is 20.8. The Bertz CT molecular complexity index is 1290. The molecule has 0 unspecified atom stereocenters. The summed E-state index contributed by atoms with van der Waals surface area (Å²) in [5.41, 5.74) is 3.97. The molecule has 0 saturated carbocycles. The number of ether oxygens (including phenoxy) is 1. The minimum atomic E-state index is -0.564. The highest BCUT2D eigenvalue weighted by Crippen LogP contribution is 2.39. The Labute approximate surface area is 206 Å². The number of carbonyl (C=O) groups is 2. The lowest BCUT2D eigenvalue weighted by Crippen LogP contribution is -2.42. The van der Waals surface area contributed by atoms with Gasteiger partial charge in [0.2, 0.25) is 0 Å². The van der Waals surface area contributed by atoms with E-state index in [2.05, 4.69) is 4.90 Å². The lowest BCUT2D eigenvalue weighted by Gasteiger charge is -2.30. The lowest BCUT2D eigenvalue weighted by atomic mass is 9.98. The molecule has 6 heteroatoms. The van der Waals surface area contributed by atoms with E-state index in [0.29, 0.717) is 12.2 Å². The molecule has 6 nitrogen and oxygen atoms in total. The second kappa shape index (κ2) is 9.34. The van der Waals surface area contributed by atoms with Gasteiger partial charge in [0, 0.05) is 28.3 Å². The third-order valence-corrected chi connectivity index (χ3v) is 6.82. The van der Waals surface area contributed by atoms with Gasteiger partial charge in [-0.25, -0.2) is 0 Å². The summed E-state index contributed by atoms with van der Waals surface area (Å²) in [5, 5.41) is 1.02. The van der Waals surface area contributed by atoms with Gasteiger partial charge in [0.05, 0.1) is 23.3 Å². The predicted octanol–water partition coefficient (Wildman–Crippen LogP) is 5.52. The van der Waals surface area contributed by atoms with Crippen LogP contribution >= 0.6 is 0 Å². The van der Waals surface area contributed by atoms with Crippen molar-refractivity contribution in [3.8, 4) is 0 Å². The minimum Gasteiger partial charge on any atom is -0.443 e. The van der Waals surface area contributed by atoms with E-state index in [4.69, 9.17) is 4.74 Å². The number of carbonyl (C=O) groups excluding carboxylic acids is 2. The molecule has 5 rings (SSSR count). The number of rotatable bonds is 5. The molecular weight excluding hydrogens is 438 g/mol. The first kappa shape index (κ1) is 23.4. The number of esters is 1. The number of anilines is 1. The van der Waals surface area contributed by atoms with E-state index in [1.54, 1.807) is 0 Å². The smallest absolute Gasteiger partial charge is 0.312 e. The van der Waals surface area contributed by atoms with Crippen molar-refractivity contribution in [1.29, 1.82) is 0 Å². The van der Waals surface area contributed by atoms with Crippen molar-refractivity contribution in [1.82, 2.24) is 9.47 Å². The summed E-state index contributed by atoms with van der Waals surface area (Å²) in [7, 11) is 0. The molecule has 0 atom stereocenters. The van der Waals surface area contributed by atoms with Crippen LogP contribution in [-0.4, -0.2) is 41.1 Å². The van der Waals surface area contributed by atoms with E-state index in [1.165, 1.54) is 19.3 Å². The number of amides is 1. The average molecular weight is 472 g/mol. The molecule has 2 aliphatic rings. The van der Waals surface area contributed by atoms with Gasteiger partial charge in [0.15, 0.2) is 6.73 Å². The Morgan fingerprint density at radius 3 is 2.49 bits per heavy atom. The molecule has 2 aromatic carbocycles. The Morgan fingerprint density at radius 2 is 1.71 bits per heavy atom. The molecule has 1 aromatic heterocycles. The van der Waals surface area contributed by atoms with Gasteiger partial charge in [0.1, 0.15) is 0 Å². The summed E-state index contributed by atoms with van der Waals surface area (Å²) >= 11 is 0. The Hall–Kier alpha value is -3.38. The molecule has 1 amide bonds. The van der Waals surface area contributed by atoms with Crippen molar-refractivity contribution in [2.75, 3.05) is 24.7 Å². The minimum absolute atomic E-state index is 0.0350. The first-order chi connectivity index (χ1) is 16.8. The molecule has 0 N–H and O–H groups in total. The number of hydrogen-bond acceptors (Lipinski definition) is 4. The number of hydrogen-bond donors (Lipinski definition) is 0. The summed E-state index contributed by atoms with van der Waals surface area (Å²) in [4.78, 5) is 30.3. The molecule has 0 aliphatic carbocycles. The van der Waals surface area contributed by atoms with E-state index in [-0.39, 0.29) is 18.6 Å². The fourth-order valence-corrected chi connectivity index (χ4v) is 4.88. The van der Waals surface area contributed by atoms with Crippen LogP contribution in [0.25, 0.3) is 22.6 Å². The summed E-state index contributed by atoms with van der Waals surface area (Å²) in [5.74, 6) is -0.212. The Morgan fingerprint density at radius 1 is 1.00 bits per heavy atom. The van der Waals surface area contributed by atoms with Crippen molar-refractivity contribution in [3.05, 3.63) is 65.9 Å². The fraction of sp³-hybridized carbons (Fsp3) is 0.379. The zero-order valence-electron chi connectivity index (χ0n) is 20.8. The SMILES string of the molecule is CC(C)(C)C(=O)OCn1cc(C=C2C(=O)N(CN3CCCCC3)c3ccccc32)c2ccccc21. The van der Waals surface area contributed by atoms with Crippen LogP contribution in [0.2, 0.25) is 0 Å². The van der Waals surface area contributed by atoms with E-state index in [0.717, 1.165) is 40.8 Å². The molecule has 3 aromatic rings. The van der Waals surface area contributed by atoms with E-state index < -0.39 is 5.41 Å². The van der Waals surface area contributed by atoms with Crippen LogP contribution in [0.1, 0.15) is 51.2 Å². The van der Waals surface area contributed by atoms with Gasteiger partial charge < -0.3 is 9.30 Å². The largest absolute Gasteiger partial charge is 0.443 e. The number of aromatic nitrogens is 1. The first-order valence-electron chi connectivity index (χ1n) is 12.4. The zero-order chi connectivity index (χ0) is 24.6. The lowest BCUT2D eigenvalue weighted by molar-refractivity contribution is -0.156. The molecular formula is C29H33N3O3. The maximum Gasteiger partial charge on any atom is 0.312 e. The standard InChI is InChI=1S/C29H33N3O3/c1-29(2,3)28(34)35-20-31-18-21(22-11-5-7-13-25(22)31)17-24-23-12-6-8-14-26(23)32(27(24)33)19-30-15-9-4-10-16-30/h5-8,11-14,17-18H,4,9-10,15-16,19-20H2,1-3H3. The second-order valence-electron chi connectivity index (χ2n) is 10.5. The van der Waals surface area contributed by atoms with Gasteiger partial charge in [-0.1, -0.05) is 42.8 Å². The van der Waals surface area contributed by atoms with Gasteiger partial charge in [-0.15, -0.1) is 0 Å². The average Bonchev–Trinajstić information content (AvgIpc) is 3.33. The molecule has 3 heterocycles. The van der Waals surface area contributed by atoms with Crippen LogP contribution in [0, 0.1) is 5.41 Å². The topological polar surface area (TPSA) is 54.8 Å². The highest BCUT2D eigenvalue weighted by atomic mass is 16.5. The van der Waals surface area contributed by atoms with Crippen molar-refractivity contribution in [3.63, 3.8) is 0 Å². The summed E-state index contributed by atoms with van der Waals surface area (Å²) in [6, 6.07) is 16.1. The number of likely N-dealkylation sites (tertiary alicyclic amines) is 1. The summed E-state index contributed by atoms with van der Waals surface area (Å²) < 4.78 is 7.52. The van der Waals surface area contributed by atoms with Gasteiger partial charge in [-0.2, -0.15) is 0 Å². The van der Waals surface area contributed by atoms with Gasteiger partial charge in [0.25, 0.3) is 5.91 Å². The molecule has 1 saturated heterocycles. The Kier molecular flexibility index (Phi) is 6.24. The van der Waals surface area contributed by atoms with Crippen molar-refractivity contribution >= 4 is 40.1 Å². The number of para-hydroxylation sites is 2. The summed E-state index contributed by atoms with van der Waals surface area (Å²) in [6.07, 6.45) is 7.59. The number of piperidine rings is 1. The van der Waals surface area contributed by atoms with Gasteiger partial charge in [-0.05, 0) is 64.9 Å². The van der Waals surface area contributed by atoms with Crippen LogP contribution in [-0.2, 0) is 21.1 Å². The van der Waals surface area contributed by atoms with Crippen LogP contribution in [0.15, 0.2) is 54.7 Å².